The lowest BCUT2D eigenvalue weighted by Crippen LogP contribution is -2.09. The van der Waals surface area contributed by atoms with Gasteiger partial charge in [0.05, 0.1) is 6.20 Å². The largest absolute Gasteiger partial charge is 0.333 e. The van der Waals surface area contributed by atoms with Crippen LogP contribution in [0, 0.1) is 0 Å². The van der Waals surface area contributed by atoms with Crippen LogP contribution in [0.3, 0.4) is 0 Å². The summed E-state index contributed by atoms with van der Waals surface area (Å²) in [6, 6.07) is 0. The highest BCUT2D eigenvalue weighted by atomic mass is 35.5. The van der Waals surface area contributed by atoms with Crippen LogP contribution in [-0.2, 0) is 0 Å². The van der Waals surface area contributed by atoms with Crippen LogP contribution in [0.5, 0.6) is 0 Å². The quantitative estimate of drug-likeness (QED) is 0.759. The Morgan fingerprint density at radius 3 is 2.83 bits per heavy atom. The summed E-state index contributed by atoms with van der Waals surface area (Å²) in [6.45, 7) is 0. The Morgan fingerprint density at radius 1 is 1.50 bits per heavy atom. The van der Waals surface area contributed by atoms with Crippen LogP contribution in [0.2, 0.25) is 5.15 Å². The van der Waals surface area contributed by atoms with E-state index in [-0.39, 0.29) is 0 Å². The molecule has 66 valence electrons. The molecule has 0 spiro atoms. The smallest absolute Gasteiger partial charge is 0.126 e. The highest BCUT2D eigenvalue weighted by Gasteiger charge is 2.17. The molecule has 2 nitrogen and oxygen atoms in total. The molecule has 1 aromatic rings. The fourth-order valence-electron chi connectivity index (χ4n) is 1.49. The SMILES string of the molecule is Clc1cnc(C2CCSCC2)[nH]1. The van der Waals surface area contributed by atoms with E-state index in [2.05, 4.69) is 9.97 Å². The van der Waals surface area contributed by atoms with E-state index in [4.69, 9.17) is 11.6 Å². The highest BCUT2D eigenvalue weighted by molar-refractivity contribution is 7.99. The number of imidazole rings is 1. The number of rotatable bonds is 1. The molecule has 1 aliphatic rings. The number of H-pyrrole nitrogens is 1. The Hall–Kier alpha value is -0.150. The average Bonchev–Trinajstić information content (AvgIpc) is 2.54. The van der Waals surface area contributed by atoms with Crippen molar-refractivity contribution in [1.82, 2.24) is 9.97 Å². The van der Waals surface area contributed by atoms with Gasteiger partial charge in [0.25, 0.3) is 0 Å². The minimum Gasteiger partial charge on any atom is -0.333 e. The average molecular weight is 203 g/mol. The summed E-state index contributed by atoms with van der Waals surface area (Å²) >= 11 is 7.78. The Balaban J connectivity index is 2.08. The number of hydrogen-bond donors (Lipinski definition) is 1. The monoisotopic (exact) mass is 202 g/mol. The van der Waals surface area contributed by atoms with Gasteiger partial charge < -0.3 is 4.98 Å². The van der Waals surface area contributed by atoms with Gasteiger partial charge >= 0.3 is 0 Å². The number of hydrogen-bond acceptors (Lipinski definition) is 2. The van der Waals surface area contributed by atoms with Gasteiger partial charge in [0.15, 0.2) is 0 Å². The standard InChI is InChI=1S/C8H11ClN2S/c9-7-5-10-8(11-7)6-1-3-12-4-2-6/h5-6H,1-4H2,(H,10,11). The molecule has 12 heavy (non-hydrogen) atoms. The predicted molar refractivity (Wildman–Crippen MR) is 52.9 cm³/mol. The third-order valence-corrected chi connectivity index (χ3v) is 3.41. The second-order valence-corrected chi connectivity index (χ2v) is 4.63. The topological polar surface area (TPSA) is 28.7 Å². The van der Waals surface area contributed by atoms with Crippen molar-refractivity contribution >= 4 is 23.4 Å². The first-order valence-corrected chi connectivity index (χ1v) is 5.67. The van der Waals surface area contributed by atoms with Crippen LogP contribution in [-0.4, -0.2) is 21.5 Å². The summed E-state index contributed by atoms with van der Waals surface area (Å²) in [6.07, 6.45) is 4.15. The van der Waals surface area contributed by atoms with Crippen molar-refractivity contribution in [2.45, 2.75) is 18.8 Å². The molecule has 2 heterocycles. The van der Waals surface area contributed by atoms with Crippen LogP contribution in [0.4, 0.5) is 0 Å². The Kier molecular flexibility index (Phi) is 2.61. The Morgan fingerprint density at radius 2 is 2.25 bits per heavy atom. The lowest BCUT2D eigenvalue weighted by Gasteiger charge is -2.18. The van der Waals surface area contributed by atoms with Crippen molar-refractivity contribution in [3.05, 3.63) is 17.2 Å². The molecule has 0 saturated carbocycles. The van der Waals surface area contributed by atoms with Crippen LogP contribution in [0.1, 0.15) is 24.6 Å². The van der Waals surface area contributed by atoms with Gasteiger partial charge in [-0.05, 0) is 24.3 Å². The number of aromatic amines is 1. The van der Waals surface area contributed by atoms with Crippen LogP contribution in [0.25, 0.3) is 0 Å². The van der Waals surface area contributed by atoms with Crippen molar-refractivity contribution in [2.75, 3.05) is 11.5 Å². The Bertz CT molecular complexity index is 255. The minimum absolute atomic E-state index is 0.610. The van der Waals surface area contributed by atoms with Gasteiger partial charge in [-0.1, -0.05) is 11.6 Å². The molecule has 0 amide bonds. The number of aromatic nitrogens is 2. The van der Waals surface area contributed by atoms with Gasteiger partial charge in [0, 0.05) is 5.92 Å². The molecule has 4 heteroatoms. The molecule has 1 aliphatic heterocycles. The van der Waals surface area contributed by atoms with Gasteiger partial charge in [-0.2, -0.15) is 11.8 Å². The second-order valence-electron chi connectivity index (χ2n) is 3.00. The summed E-state index contributed by atoms with van der Waals surface area (Å²) in [5, 5.41) is 0.656. The molecule has 0 atom stereocenters. The van der Waals surface area contributed by atoms with E-state index >= 15 is 0 Å². The number of halogens is 1. The van der Waals surface area contributed by atoms with Crippen molar-refractivity contribution < 1.29 is 0 Å². The van der Waals surface area contributed by atoms with Gasteiger partial charge in [0.1, 0.15) is 11.0 Å². The van der Waals surface area contributed by atoms with Crippen molar-refractivity contribution in [1.29, 1.82) is 0 Å². The lowest BCUT2D eigenvalue weighted by molar-refractivity contribution is 0.605. The zero-order valence-corrected chi connectivity index (χ0v) is 8.29. The van der Waals surface area contributed by atoms with E-state index in [0.717, 1.165) is 5.82 Å². The van der Waals surface area contributed by atoms with E-state index in [1.165, 1.54) is 24.3 Å². The molecule has 0 unspecified atom stereocenters. The fourth-order valence-corrected chi connectivity index (χ4v) is 2.74. The third-order valence-electron chi connectivity index (χ3n) is 2.17. The Labute approximate surface area is 81.1 Å². The van der Waals surface area contributed by atoms with E-state index in [1.54, 1.807) is 6.20 Å². The van der Waals surface area contributed by atoms with E-state index < -0.39 is 0 Å². The summed E-state index contributed by atoms with van der Waals surface area (Å²) in [7, 11) is 0. The van der Waals surface area contributed by atoms with Crippen molar-refractivity contribution in [3.63, 3.8) is 0 Å². The first-order chi connectivity index (χ1) is 5.86. The lowest BCUT2D eigenvalue weighted by atomic mass is 10.0. The van der Waals surface area contributed by atoms with E-state index in [1.807, 2.05) is 11.8 Å². The van der Waals surface area contributed by atoms with Gasteiger partial charge in [-0.15, -0.1) is 0 Å². The molecule has 0 aliphatic carbocycles. The molecule has 1 saturated heterocycles. The van der Waals surface area contributed by atoms with Gasteiger partial charge in [-0.25, -0.2) is 4.98 Å². The summed E-state index contributed by atoms with van der Waals surface area (Å²) in [5.74, 6) is 4.19. The van der Waals surface area contributed by atoms with Crippen molar-refractivity contribution in [3.8, 4) is 0 Å². The maximum absolute atomic E-state index is 5.76. The minimum atomic E-state index is 0.610. The molecule has 0 radical (unpaired) electrons. The molecular weight excluding hydrogens is 192 g/mol. The summed E-state index contributed by atoms with van der Waals surface area (Å²) in [4.78, 5) is 7.33. The van der Waals surface area contributed by atoms with Gasteiger partial charge in [0.2, 0.25) is 0 Å². The maximum atomic E-state index is 5.76. The van der Waals surface area contributed by atoms with E-state index in [9.17, 15) is 0 Å². The highest BCUT2D eigenvalue weighted by Crippen LogP contribution is 2.29. The molecule has 0 bridgehead atoms. The normalized spacial score (nSPS) is 19.8. The fraction of sp³-hybridized carbons (Fsp3) is 0.625. The van der Waals surface area contributed by atoms with Crippen LogP contribution >= 0.6 is 23.4 Å². The number of thioether (sulfide) groups is 1. The molecule has 2 rings (SSSR count). The summed E-state index contributed by atoms with van der Waals surface area (Å²) in [5.41, 5.74) is 0. The number of nitrogens with one attached hydrogen (secondary N) is 1. The number of nitrogens with zero attached hydrogens (tertiary/aromatic N) is 1. The molecule has 1 fully saturated rings. The van der Waals surface area contributed by atoms with Crippen LogP contribution < -0.4 is 0 Å². The molecular formula is C8H11ClN2S. The predicted octanol–water partition coefficient (Wildman–Crippen LogP) is 2.67. The van der Waals surface area contributed by atoms with E-state index in [0.29, 0.717) is 11.1 Å². The first-order valence-electron chi connectivity index (χ1n) is 4.14. The maximum Gasteiger partial charge on any atom is 0.126 e. The molecule has 1 N–H and O–H groups in total. The van der Waals surface area contributed by atoms with Crippen LogP contribution in [0.15, 0.2) is 6.20 Å². The van der Waals surface area contributed by atoms with Gasteiger partial charge in [-0.3, -0.25) is 0 Å². The second kappa shape index (κ2) is 3.71. The third kappa shape index (κ3) is 1.77. The molecule has 1 aromatic heterocycles. The first kappa shape index (κ1) is 8.45. The zero-order valence-electron chi connectivity index (χ0n) is 6.72. The van der Waals surface area contributed by atoms with Crippen molar-refractivity contribution in [2.24, 2.45) is 0 Å². The molecule has 0 aromatic carbocycles. The zero-order chi connectivity index (χ0) is 8.39. The summed E-state index contributed by atoms with van der Waals surface area (Å²) < 4.78 is 0.